The normalized spacial score (nSPS) is 19.1. The van der Waals surface area contributed by atoms with Gasteiger partial charge in [-0.15, -0.1) is 0 Å². The zero-order chi connectivity index (χ0) is 16.5. The lowest BCUT2D eigenvalue weighted by atomic mass is 10.1. The first-order chi connectivity index (χ1) is 11.7. The summed E-state index contributed by atoms with van der Waals surface area (Å²) in [5.41, 5.74) is 2.88. The van der Waals surface area contributed by atoms with Gasteiger partial charge >= 0.3 is 0 Å². The number of anilines is 1. The second-order valence-corrected chi connectivity index (χ2v) is 7.84. The molecule has 2 aromatic rings. The summed E-state index contributed by atoms with van der Waals surface area (Å²) < 4.78 is 1.11. The van der Waals surface area contributed by atoms with Crippen LogP contribution in [-0.4, -0.2) is 43.1 Å². The van der Waals surface area contributed by atoms with Crippen LogP contribution in [0.5, 0.6) is 0 Å². The van der Waals surface area contributed by atoms with Crippen LogP contribution in [0, 0.1) is 6.92 Å². The number of hydrogen-bond donors (Lipinski definition) is 2. The van der Waals surface area contributed by atoms with Gasteiger partial charge in [0.2, 0.25) is 0 Å². The second-order valence-electron chi connectivity index (χ2n) is 6.83. The molecule has 4 rings (SSSR count). The van der Waals surface area contributed by atoms with E-state index in [0.717, 1.165) is 65.5 Å². The highest BCUT2D eigenvalue weighted by molar-refractivity contribution is 7.22. The molecule has 0 bridgehead atoms. The van der Waals surface area contributed by atoms with E-state index in [-0.39, 0.29) is 5.91 Å². The predicted molar refractivity (Wildman–Crippen MR) is 99.2 cm³/mol. The maximum atomic E-state index is 12.6. The highest BCUT2D eigenvalue weighted by Gasteiger charge is 2.20. The molecule has 0 unspecified atom stereocenters. The van der Waals surface area contributed by atoms with Gasteiger partial charge in [0.15, 0.2) is 5.13 Å². The Morgan fingerprint density at radius 3 is 2.79 bits per heavy atom. The molecule has 1 amide bonds. The van der Waals surface area contributed by atoms with Crippen LogP contribution in [0.3, 0.4) is 0 Å². The molecule has 2 N–H and O–H groups in total. The fraction of sp³-hybridized carbons (Fsp3) is 0.556. The molecule has 2 fully saturated rings. The third-order valence-electron chi connectivity index (χ3n) is 5.01. The van der Waals surface area contributed by atoms with Crippen LogP contribution in [0.2, 0.25) is 0 Å². The molecule has 1 saturated heterocycles. The van der Waals surface area contributed by atoms with E-state index < -0.39 is 0 Å². The number of thiazole rings is 1. The van der Waals surface area contributed by atoms with Crippen molar-refractivity contribution in [3.05, 3.63) is 23.3 Å². The Balaban J connectivity index is 1.59. The summed E-state index contributed by atoms with van der Waals surface area (Å²) in [6.07, 6.45) is 4.68. The largest absolute Gasteiger partial charge is 0.349 e. The molecule has 5 nitrogen and oxygen atoms in total. The van der Waals surface area contributed by atoms with E-state index in [2.05, 4.69) is 22.5 Å². The summed E-state index contributed by atoms with van der Waals surface area (Å²) in [6.45, 7) is 6.05. The Bertz CT molecular complexity index is 745. The lowest BCUT2D eigenvalue weighted by Gasteiger charge is -2.26. The van der Waals surface area contributed by atoms with E-state index in [1.165, 1.54) is 12.8 Å². The zero-order valence-corrected chi connectivity index (χ0v) is 14.9. The number of amides is 1. The molecule has 6 heteroatoms. The van der Waals surface area contributed by atoms with Crippen LogP contribution in [-0.2, 0) is 0 Å². The number of nitrogens with zero attached hydrogens (tertiary/aromatic N) is 2. The summed E-state index contributed by atoms with van der Waals surface area (Å²) in [5, 5.41) is 7.63. The van der Waals surface area contributed by atoms with Crippen molar-refractivity contribution in [2.75, 3.05) is 31.1 Å². The molecule has 1 aromatic carbocycles. The molecule has 1 aliphatic carbocycles. The van der Waals surface area contributed by atoms with E-state index in [4.69, 9.17) is 4.98 Å². The van der Waals surface area contributed by atoms with Crippen molar-refractivity contribution in [1.29, 1.82) is 0 Å². The highest BCUT2D eigenvalue weighted by atomic mass is 32.1. The molecule has 0 radical (unpaired) electrons. The molecule has 1 aromatic heterocycles. The molecular weight excluding hydrogens is 320 g/mol. The zero-order valence-electron chi connectivity index (χ0n) is 14.1. The monoisotopic (exact) mass is 344 g/mol. The number of hydrogen-bond acceptors (Lipinski definition) is 5. The first-order valence-electron chi connectivity index (χ1n) is 8.88. The van der Waals surface area contributed by atoms with Gasteiger partial charge in [0.1, 0.15) is 0 Å². The van der Waals surface area contributed by atoms with Crippen molar-refractivity contribution in [2.24, 2.45) is 0 Å². The average Bonchev–Trinajstić information content (AvgIpc) is 3.25. The van der Waals surface area contributed by atoms with E-state index in [0.29, 0.717) is 6.04 Å². The minimum Gasteiger partial charge on any atom is -0.349 e. The lowest BCUT2D eigenvalue weighted by molar-refractivity contribution is 0.0938. The summed E-state index contributed by atoms with van der Waals surface area (Å²) in [7, 11) is 0. The molecule has 128 valence electrons. The minimum atomic E-state index is 0.0593. The predicted octanol–water partition coefficient (Wildman–Crippen LogP) is 2.69. The molecule has 0 spiro atoms. The Labute approximate surface area is 146 Å². The van der Waals surface area contributed by atoms with Gasteiger partial charge in [0.25, 0.3) is 5.91 Å². The summed E-state index contributed by atoms with van der Waals surface area (Å²) in [4.78, 5) is 19.7. The average molecular weight is 344 g/mol. The fourth-order valence-corrected chi connectivity index (χ4v) is 4.78. The third-order valence-corrected chi connectivity index (χ3v) is 6.08. The first-order valence-corrected chi connectivity index (χ1v) is 9.70. The summed E-state index contributed by atoms with van der Waals surface area (Å²) in [6, 6.07) is 4.34. The van der Waals surface area contributed by atoms with Crippen LogP contribution in [0.4, 0.5) is 5.13 Å². The van der Waals surface area contributed by atoms with Crippen LogP contribution >= 0.6 is 11.3 Å². The van der Waals surface area contributed by atoms with Crippen LogP contribution in [0.25, 0.3) is 10.2 Å². The second kappa shape index (κ2) is 6.69. The molecule has 24 heavy (non-hydrogen) atoms. The van der Waals surface area contributed by atoms with Gasteiger partial charge in [-0.05, 0) is 37.5 Å². The number of piperazine rings is 1. The van der Waals surface area contributed by atoms with Gasteiger partial charge in [-0.3, -0.25) is 4.79 Å². The summed E-state index contributed by atoms with van der Waals surface area (Å²) >= 11 is 1.70. The number of carbonyl (C=O) groups excluding carboxylic acids is 1. The molecule has 1 aliphatic heterocycles. The van der Waals surface area contributed by atoms with Crippen molar-refractivity contribution in [3.8, 4) is 0 Å². The van der Waals surface area contributed by atoms with Gasteiger partial charge in [0.05, 0.1) is 10.2 Å². The van der Waals surface area contributed by atoms with Crippen LogP contribution < -0.4 is 15.5 Å². The van der Waals surface area contributed by atoms with Crippen molar-refractivity contribution >= 4 is 32.6 Å². The van der Waals surface area contributed by atoms with Crippen molar-refractivity contribution < 1.29 is 4.79 Å². The van der Waals surface area contributed by atoms with Gasteiger partial charge in [-0.2, -0.15) is 0 Å². The number of benzene rings is 1. The highest BCUT2D eigenvalue weighted by Crippen LogP contribution is 2.32. The summed E-state index contributed by atoms with van der Waals surface area (Å²) in [5.74, 6) is 0.0593. The van der Waals surface area contributed by atoms with E-state index >= 15 is 0 Å². The van der Waals surface area contributed by atoms with Crippen molar-refractivity contribution in [2.45, 2.75) is 38.6 Å². The van der Waals surface area contributed by atoms with Gasteiger partial charge in [-0.25, -0.2) is 4.98 Å². The maximum absolute atomic E-state index is 12.6. The van der Waals surface area contributed by atoms with E-state index in [1.54, 1.807) is 11.3 Å². The molecule has 1 saturated carbocycles. The third kappa shape index (κ3) is 3.13. The number of aryl methyl sites for hydroxylation is 1. The number of fused-ring (bicyclic) bond motifs is 1. The van der Waals surface area contributed by atoms with E-state index in [1.807, 2.05) is 12.1 Å². The Hall–Kier alpha value is -1.66. The Kier molecular flexibility index (Phi) is 4.41. The van der Waals surface area contributed by atoms with Gasteiger partial charge < -0.3 is 15.5 Å². The molecular formula is C18H24N4OS. The quantitative estimate of drug-likeness (QED) is 0.899. The molecule has 2 heterocycles. The number of nitrogens with one attached hydrogen (secondary N) is 2. The molecule has 0 atom stereocenters. The molecule has 2 aliphatic rings. The van der Waals surface area contributed by atoms with Gasteiger partial charge in [0, 0.05) is 37.8 Å². The van der Waals surface area contributed by atoms with Crippen LogP contribution in [0.15, 0.2) is 12.1 Å². The maximum Gasteiger partial charge on any atom is 0.251 e. The Morgan fingerprint density at radius 2 is 2.04 bits per heavy atom. The van der Waals surface area contributed by atoms with Crippen molar-refractivity contribution in [3.63, 3.8) is 0 Å². The van der Waals surface area contributed by atoms with Crippen molar-refractivity contribution in [1.82, 2.24) is 15.6 Å². The number of rotatable bonds is 3. The van der Waals surface area contributed by atoms with Crippen LogP contribution in [0.1, 0.15) is 41.6 Å². The lowest BCUT2D eigenvalue weighted by Crippen LogP contribution is -2.43. The standard InChI is InChI=1S/C18H24N4OS/c1-12-10-13(17(23)20-14-4-2-3-5-14)11-15-16(12)21-18(24-15)22-8-6-19-7-9-22/h10-11,14,19H,2-9H2,1H3,(H,20,23). The number of carbonyl (C=O) groups is 1. The fourth-order valence-electron chi connectivity index (χ4n) is 3.65. The topological polar surface area (TPSA) is 57.3 Å². The van der Waals surface area contributed by atoms with E-state index in [9.17, 15) is 4.79 Å². The Morgan fingerprint density at radius 1 is 1.29 bits per heavy atom. The van der Waals surface area contributed by atoms with Gasteiger partial charge in [-0.1, -0.05) is 24.2 Å². The minimum absolute atomic E-state index is 0.0593. The SMILES string of the molecule is Cc1cc(C(=O)NC2CCCC2)cc2sc(N3CCNCC3)nc12. The number of aromatic nitrogens is 1. The smallest absolute Gasteiger partial charge is 0.251 e. The first kappa shape index (κ1) is 15.8.